The van der Waals surface area contributed by atoms with Gasteiger partial charge in [-0.2, -0.15) is 0 Å². The van der Waals surface area contributed by atoms with Gasteiger partial charge in [0.05, 0.1) is 5.09 Å². The molecule has 0 bridgehead atoms. The van der Waals surface area contributed by atoms with Crippen LogP contribution < -0.4 is 5.11 Å². The topological polar surface area (TPSA) is 106 Å². The van der Waals surface area contributed by atoms with Gasteiger partial charge in [-0.05, 0) is 6.92 Å². The zero-order valence-corrected chi connectivity index (χ0v) is 5.36. The molecular formula is C2H3CoNO5. The van der Waals surface area contributed by atoms with E-state index in [-0.39, 0.29) is 16.8 Å². The Kier molecular flexibility index (Phi) is 17.8. The zero-order valence-electron chi connectivity index (χ0n) is 4.32. The molecule has 9 heavy (non-hydrogen) atoms. The second-order valence-corrected chi connectivity index (χ2v) is 0.715. The molecule has 0 saturated heterocycles. The Balaban J connectivity index is -0.0000000720. The van der Waals surface area contributed by atoms with Crippen molar-refractivity contribution >= 4 is 5.97 Å². The molecule has 0 aromatic rings. The van der Waals surface area contributed by atoms with E-state index >= 15 is 0 Å². The van der Waals surface area contributed by atoms with Crippen LogP contribution in [0.2, 0.25) is 0 Å². The van der Waals surface area contributed by atoms with Gasteiger partial charge in [-0.1, -0.05) is 0 Å². The molecule has 0 aliphatic heterocycles. The number of aliphatic carboxylic acids is 1. The van der Waals surface area contributed by atoms with Crippen LogP contribution in [0.3, 0.4) is 0 Å². The molecular weight excluding hydrogens is 177 g/mol. The molecule has 0 heterocycles. The normalized spacial score (nSPS) is 5.44. The molecule has 0 rings (SSSR count). The minimum Gasteiger partial charge on any atom is -0.550 e. The van der Waals surface area contributed by atoms with Crippen molar-refractivity contribution in [3.05, 3.63) is 15.3 Å². The molecule has 7 heteroatoms. The third kappa shape index (κ3) is 284. The van der Waals surface area contributed by atoms with Crippen molar-refractivity contribution in [1.82, 2.24) is 0 Å². The molecule has 0 saturated carbocycles. The van der Waals surface area contributed by atoms with Gasteiger partial charge in [-0.15, -0.1) is 0 Å². The number of rotatable bonds is 0. The van der Waals surface area contributed by atoms with E-state index in [0.29, 0.717) is 0 Å². The molecule has 0 N–H and O–H groups in total. The third-order valence-electron chi connectivity index (χ3n) is 0. The molecule has 6 nitrogen and oxygen atoms in total. The first kappa shape index (κ1) is 15.7. The van der Waals surface area contributed by atoms with E-state index in [1.807, 2.05) is 0 Å². The summed E-state index contributed by atoms with van der Waals surface area (Å²) >= 11 is 0. The Morgan fingerprint density at radius 3 is 1.44 bits per heavy atom. The van der Waals surface area contributed by atoms with Crippen molar-refractivity contribution in [2.24, 2.45) is 0 Å². The van der Waals surface area contributed by atoms with Gasteiger partial charge in [0.25, 0.3) is 0 Å². The first-order valence-electron chi connectivity index (χ1n) is 1.46. The van der Waals surface area contributed by atoms with Gasteiger partial charge in [0.1, 0.15) is 0 Å². The van der Waals surface area contributed by atoms with E-state index in [1.54, 1.807) is 0 Å². The van der Waals surface area contributed by atoms with Gasteiger partial charge in [-0.3, -0.25) is 0 Å². The van der Waals surface area contributed by atoms with Crippen LogP contribution in [-0.2, 0) is 21.6 Å². The van der Waals surface area contributed by atoms with Crippen LogP contribution in [0.4, 0.5) is 0 Å². The third-order valence-corrected chi connectivity index (χ3v) is 0. The van der Waals surface area contributed by atoms with Crippen LogP contribution in [0.5, 0.6) is 0 Å². The maximum absolute atomic E-state index is 8.89. The number of carbonyl (C=O) groups is 1. The second-order valence-electron chi connectivity index (χ2n) is 0.715. The van der Waals surface area contributed by atoms with E-state index in [4.69, 9.17) is 25.2 Å². The molecule has 0 fully saturated rings. The zero-order chi connectivity index (χ0) is 7.15. The summed E-state index contributed by atoms with van der Waals surface area (Å²) in [5.74, 6) is -1.08. The van der Waals surface area contributed by atoms with Crippen LogP contribution >= 0.6 is 0 Å². The van der Waals surface area contributed by atoms with Crippen LogP contribution in [0, 0.1) is 15.3 Å². The Labute approximate surface area is 60.8 Å². The maximum Gasteiger partial charge on any atom is 2.00 e. The smallest absolute Gasteiger partial charge is 0.550 e. The fourth-order valence-corrected chi connectivity index (χ4v) is 0. The Morgan fingerprint density at radius 1 is 1.44 bits per heavy atom. The van der Waals surface area contributed by atoms with E-state index in [2.05, 4.69) is 0 Å². The van der Waals surface area contributed by atoms with Gasteiger partial charge in [0.15, 0.2) is 0 Å². The van der Waals surface area contributed by atoms with Gasteiger partial charge in [0, 0.05) is 5.97 Å². The minimum absolute atomic E-state index is 0. The average Bonchev–Trinajstić information content (AvgIpc) is 1.25. The van der Waals surface area contributed by atoms with Crippen molar-refractivity contribution in [3.8, 4) is 0 Å². The average molecular weight is 180 g/mol. The summed E-state index contributed by atoms with van der Waals surface area (Å²) in [4.78, 5) is 17.1. The summed E-state index contributed by atoms with van der Waals surface area (Å²) in [6, 6.07) is 0. The first-order valence-corrected chi connectivity index (χ1v) is 1.46. The molecule has 0 atom stereocenters. The molecule has 0 aliphatic carbocycles. The fourth-order valence-electron chi connectivity index (χ4n) is 0. The summed E-state index contributed by atoms with van der Waals surface area (Å²) in [5, 5.41) is 23.6. The summed E-state index contributed by atoms with van der Waals surface area (Å²) in [6.07, 6.45) is 0. The number of hydrogen-bond acceptors (Lipinski definition) is 5. The number of carboxylic acids is 1. The SMILES string of the molecule is CC(=O)[O-].O=[N+]([O-])[O-].[Co+2]. The Morgan fingerprint density at radius 2 is 1.44 bits per heavy atom. The monoisotopic (exact) mass is 180 g/mol. The summed E-state index contributed by atoms with van der Waals surface area (Å²) < 4.78 is 0. The number of carbonyl (C=O) groups excluding carboxylic acids is 1. The predicted octanol–water partition coefficient (Wildman–Crippen LogP) is -1.49. The van der Waals surface area contributed by atoms with Crippen LogP contribution in [0.25, 0.3) is 0 Å². The van der Waals surface area contributed by atoms with Crippen LogP contribution in [0.1, 0.15) is 6.92 Å². The number of hydrogen-bond donors (Lipinski definition) is 0. The van der Waals surface area contributed by atoms with E-state index < -0.39 is 11.1 Å². The number of carboxylic acid groups (broad SMARTS) is 1. The number of nitrogens with zero attached hydrogens (tertiary/aromatic N) is 1. The van der Waals surface area contributed by atoms with Gasteiger partial charge in [0.2, 0.25) is 0 Å². The van der Waals surface area contributed by atoms with Gasteiger partial charge >= 0.3 is 16.8 Å². The standard InChI is InChI=1S/C2H4O2.Co.NO3/c1-2(3)4;;2-1(3)4/h1H3,(H,3,4);;/q;+2;-1/p-1. The molecule has 1 radical (unpaired) electrons. The maximum atomic E-state index is 8.89. The van der Waals surface area contributed by atoms with Gasteiger partial charge in [-0.25, -0.2) is 0 Å². The molecule has 0 aliphatic rings. The Hall–Kier alpha value is -0.824. The van der Waals surface area contributed by atoms with Crippen molar-refractivity contribution < 1.29 is 31.8 Å². The van der Waals surface area contributed by atoms with Gasteiger partial charge < -0.3 is 25.2 Å². The summed E-state index contributed by atoms with van der Waals surface area (Å²) in [5.41, 5.74) is 0. The molecule has 0 aromatic carbocycles. The quantitative estimate of drug-likeness (QED) is 0.333. The van der Waals surface area contributed by atoms with Crippen molar-refractivity contribution in [3.63, 3.8) is 0 Å². The van der Waals surface area contributed by atoms with E-state index in [0.717, 1.165) is 6.92 Å². The molecule has 0 aromatic heterocycles. The minimum atomic E-state index is -1.75. The van der Waals surface area contributed by atoms with E-state index in [9.17, 15) is 0 Å². The molecule has 0 unspecified atom stereocenters. The Bertz CT molecular complexity index is 73.0. The predicted molar refractivity (Wildman–Crippen MR) is 21.0 cm³/mol. The fraction of sp³-hybridized carbons (Fsp3) is 0.500. The van der Waals surface area contributed by atoms with Crippen LogP contribution in [-0.4, -0.2) is 11.1 Å². The summed E-state index contributed by atoms with van der Waals surface area (Å²) in [6.45, 7) is 0.972. The summed E-state index contributed by atoms with van der Waals surface area (Å²) in [7, 11) is 0. The van der Waals surface area contributed by atoms with Crippen molar-refractivity contribution in [2.75, 3.05) is 0 Å². The molecule has 0 amide bonds. The molecule has 55 valence electrons. The van der Waals surface area contributed by atoms with Crippen molar-refractivity contribution in [2.45, 2.75) is 6.92 Å². The van der Waals surface area contributed by atoms with Crippen LogP contribution in [0.15, 0.2) is 0 Å². The van der Waals surface area contributed by atoms with Crippen molar-refractivity contribution in [1.29, 1.82) is 0 Å². The first-order chi connectivity index (χ1) is 3.46. The second kappa shape index (κ2) is 10.2. The molecule has 0 spiro atoms. The largest absolute Gasteiger partial charge is 2.00 e. The van der Waals surface area contributed by atoms with E-state index in [1.165, 1.54) is 0 Å².